The average molecular weight is 378 g/mol. The molecule has 0 bridgehead atoms. The molecule has 0 unspecified atom stereocenters. The van der Waals surface area contributed by atoms with Crippen molar-refractivity contribution in [1.82, 2.24) is 19.7 Å². The Kier molecular flexibility index (Phi) is 3.37. The van der Waals surface area contributed by atoms with E-state index in [9.17, 15) is 13.2 Å². The quantitative estimate of drug-likeness (QED) is 0.596. The molecule has 21 heavy (non-hydrogen) atoms. The monoisotopic (exact) mass is 376 g/mol. The third-order valence-electron chi connectivity index (χ3n) is 2.78. The minimum atomic E-state index is -4.44. The minimum Gasteiger partial charge on any atom is -0.226 e. The highest BCUT2D eigenvalue weighted by molar-refractivity contribution is 9.10. The lowest BCUT2D eigenvalue weighted by Gasteiger charge is -2.11. The fraction of sp³-hybridized carbons (Fsp3) is 0.0833. The second-order valence-electron chi connectivity index (χ2n) is 4.14. The molecule has 3 aromatic rings. The summed E-state index contributed by atoms with van der Waals surface area (Å²) in [6.07, 6.45) is -1.53. The summed E-state index contributed by atoms with van der Waals surface area (Å²) in [6.45, 7) is 0. The van der Waals surface area contributed by atoms with Gasteiger partial charge in [0, 0.05) is 10.7 Å². The molecule has 3 rings (SSSR count). The average Bonchev–Trinajstić information content (AvgIpc) is 2.80. The highest BCUT2D eigenvalue weighted by Crippen LogP contribution is 2.33. The van der Waals surface area contributed by atoms with Crippen molar-refractivity contribution < 1.29 is 13.2 Å². The summed E-state index contributed by atoms with van der Waals surface area (Å²) in [7, 11) is 0. The van der Waals surface area contributed by atoms with E-state index in [2.05, 4.69) is 31.0 Å². The molecule has 0 N–H and O–H groups in total. The first kappa shape index (κ1) is 14.3. The van der Waals surface area contributed by atoms with Crippen LogP contribution >= 0.6 is 27.5 Å². The highest BCUT2D eigenvalue weighted by Gasteiger charge is 2.31. The van der Waals surface area contributed by atoms with E-state index in [-0.39, 0.29) is 11.0 Å². The first-order chi connectivity index (χ1) is 9.86. The van der Waals surface area contributed by atoms with Gasteiger partial charge in [0.2, 0.25) is 5.28 Å². The van der Waals surface area contributed by atoms with E-state index >= 15 is 0 Å². The number of hydrogen-bond donors (Lipinski definition) is 0. The van der Waals surface area contributed by atoms with E-state index in [1.54, 1.807) is 0 Å². The van der Waals surface area contributed by atoms with E-state index in [0.29, 0.717) is 15.5 Å². The molecule has 9 heteroatoms. The van der Waals surface area contributed by atoms with Gasteiger partial charge in [0.05, 0.1) is 22.8 Å². The molecule has 2 aromatic heterocycles. The van der Waals surface area contributed by atoms with Crippen LogP contribution in [0.15, 0.2) is 35.1 Å². The zero-order valence-corrected chi connectivity index (χ0v) is 12.4. The molecule has 0 aliphatic carbocycles. The lowest BCUT2D eigenvalue weighted by atomic mass is 10.2. The van der Waals surface area contributed by atoms with Gasteiger partial charge < -0.3 is 0 Å². The number of nitrogens with zero attached hydrogens (tertiary/aromatic N) is 4. The Balaban J connectivity index is 2.25. The Labute approximate surface area is 129 Å². The molecule has 1 aromatic carbocycles. The van der Waals surface area contributed by atoms with Crippen LogP contribution in [0.3, 0.4) is 0 Å². The fourth-order valence-corrected chi connectivity index (χ4v) is 2.37. The maximum atomic E-state index is 12.8. The topological polar surface area (TPSA) is 43.6 Å². The number of alkyl halides is 3. The van der Waals surface area contributed by atoms with Gasteiger partial charge in [0.1, 0.15) is 0 Å². The third kappa shape index (κ3) is 2.60. The maximum absolute atomic E-state index is 12.8. The summed E-state index contributed by atoms with van der Waals surface area (Å²) in [6, 6.07) is 3.29. The normalized spacial score (nSPS) is 12.0. The maximum Gasteiger partial charge on any atom is 0.416 e. The number of rotatable bonds is 1. The van der Waals surface area contributed by atoms with Crippen molar-refractivity contribution in [3.05, 3.63) is 45.9 Å². The SMILES string of the molecule is FC(F)(F)c1ccc(Br)c(-n2ncc3cnc(Cl)nc32)c1. The zero-order valence-electron chi connectivity index (χ0n) is 10.1. The van der Waals surface area contributed by atoms with E-state index in [1.807, 2.05) is 0 Å². The number of benzene rings is 1. The van der Waals surface area contributed by atoms with Gasteiger partial charge in [0.25, 0.3) is 0 Å². The predicted octanol–water partition coefficient (Wildman–Crippen LogP) is 4.25. The van der Waals surface area contributed by atoms with Crippen LogP contribution in [0.2, 0.25) is 5.28 Å². The molecule has 0 aliphatic rings. The van der Waals surface area contributed by atoms with Crippen LogP contribution in [0.25, 0.3) is 16.7 Å². The molecule has 0 fully saturated rings. The Morgan fingerprint density at radius 3 is 2.67 bits per heavy atom. The molecule has 4 nitrogen and oxygen atoms in total. The second-order valence-corrected chi connectivity index (χ2v) is 5.33. The van der Waals surface area contributed by atoms with Crippen LogP contribution in [-0.2, 0) is 6.18 Å². The van der Waals surface area contributed by atoms with Gasteiger partial charge >= 0.3 is 6.18 Å². The first-order valence-corrected chi connectivity index (χ1v) is 6.77. The van der Waals surface area contributed by atoms with Crippen molar-refractivity contribution in [2.75, 3.05) is 0 Å². The van der Waals surface area contributed by atoms with Crippen LogP contribution in [0.1, 0.15) is 5.56 Å². The summed E-state index contributed by atoms with van der Waals surface area (Å²) in [5, 5.41) is 4.61. The number of fused-ring (bicyclic) bond motifs is 1. The first-order valence-electron chi connectivity index (χ1n) is 5.59. The van der Waals surface area contributed by atoms with Crippen LogP contribution in [0.4, 0.5) is 13.2 Å². The molecule has 0 radical (unpaired) electrons. The smallest absolute Gasteiger partial charge is 0.226 e. The van der Waals surface area contributed by atoms with Crippen molar-refractivity contribution in [2.24, 2.45) is 0 Å². The van der Waals surface area contributed by atoms with Crippen molar-refractivity contribution >= 4 is 38.6 Å². The third-order valence-corrected chi connectivity index (χ3v) is 3.63. The van der Waals surface area contributed by atoms with Crippen molar-refractivity contribution in [3.8, 4) is 5.69 Å². The predicted molar refractivity (Wildman–Crippen MR) is 74.4 cm³/mol. The van der Waals surface area contributed by atoms with Gasteiger partial charge in [-0.2, -0.15) is 23.3 Å². The second kappa shape index (κ2) is 4.96. The number of aromatic nitrogens is 4. The van der Waals surface area contributed by atoms with Crippen molar-refractivity contribution in [3.63, 3.8) is 0 Å². The van der Waals surface area contributed by atoms with E-state index in [1.165, 1.54) is 23.1 Å². The van der Waals surface area contributed by atoms with Gasteiger partial charge in [-0.25, -0.2) is 9.67 Å². The molecule has 0 saturated carbocycles. The highest BCUT2D eigenvalue weighted by atomic mass is 79.9. The summed E-state index contributed by atoms with van der Waals surface area (Å²) < 4.78 is 40.2. The van der Waals surface area contributed by atoms with Gasteiger partial charge in [-0.1, -0.05) is 0 Å². The van der Waals surface area contributed by atoms with E-state index < -0.39 is 11.7 Å². The Bertz CT molecular complexity index is 831. The largest absolute Gasteiger partial charge is 0.416 e. The van der Waals surface area contributed by atoms with E-state index in [4.69, 9.17) is 11.6 Å². The van der Waals surface area contributed by atoms with Crippen molar-refractivity contribution in [1.29, 1.82) is 0 Å². The van der Waals surface area contributed by atoms with Crippen LogP contribution in [0.5, 0.6) is 0 Å². The zero-order chi connectivity index (χ0) is 15.2. The van der Waals surface area contributed by atoms with Crippen LogP contribution in [0, 0.1) is 0 Å². The van der Waals surface area contributed by atoms with Gasteiger partial charge in [-0.15, -0.1) is 0 Å². The summed E-state index contributed by atoms with van der Waals surface area (Å²) in [5.41, 5.74) is -0.228. The molecule has 108 valence electrons. The molecule has 2 heterocycles. The lowest BCUT2D eigenvalue weighted by molar-refractivity contribution is -0.137. The van der Waals surface area contributed by atoms with Crippen molar-refractivity contribution in [2.45, 2.75) is 6.18 Å². The number of hydrogen-bond acceptors (Lipinski definition) is 3. The molecule has 0 aliphatic heterocycles. The fourth-order valence-electron chi connectivity index (χ4n) is 1.82. The summed E-state index contributed by atoms with van der Waals surface area (Å²) >= 11 is 8.94. The molecule has 0 spiro atoms. The van der Waals surface area contributed by atoms with Gasteiger partial charge in [-0.3, -0.25) is 0 Å². The number of halogens is 5. The molecule has 0 saturated heterocycles. The van der Waals surface area contributed by atoms with E-state index in [0.717, 1.165) is 12.1 Å². The molecular formula is C12H5BrClF3N4. The lowest BCUT2D eigenvalue weighted by Crippen LogP contribution is -2.07. The van der Waals surface area contributed by atoms with Crippen LogP contribution in [-0.4, -0.2) is 19.7 Å². The summed E-state index contributed by atoms with van der Waals surface area (Å²) in [4.78, 5) is 7.80. The standard InChI is InChI=1S/C12H5BrClF3N4/c13-8-2-1-7(12(15,16)17)3-9(8)21-10-6(5-19-21)4-18-11(14)20-10/h1-5H. The Morgan fingerprint density at radius 1 is 1.19 bits per heavy atom. The summed E-state index contributed by atoms with van der Waals surface area (Å²) in [5.74, 6) is 0. The minimum absolute atomic E-state index is 0.00708. The molecule has 0 amide bonds. The molecule has 0 atom stereocenters. The van der Waals surface area contributed by atoms with Gasteiger partial charge in [-0.05, 0) is 45.7 Å². The van der Waals surface area contributed by atoms with Gasteiger partial charge in [0.15, 0.2) is 5.65 Å². The Hall–Kier alpha value is -1.67. The Morgan fingerprint density at radius 2 is 1.95 bits per heavy atom. The van der Waals surface area contributed by atoms with Crippen LogP contribution < -0.4 is 0 Å². The molecular weight excluding hydrogens is 373 g/mol.